The van der Waals surface area contributed by atoms with Gasteiger partial charge in [-0.3, -0.25) is 4.98 Å². The fourth-order valence-electron chi connectivity index (χ4n) is 3.19. The summed E-state index contributed by atoms with van der Waals surface area (Å²) in [5.74, 6) is 0. The molecule has 2 heterocycles. The molecule has 1 spiro atoms. The normalized spacial score (nSPS) is 39.9. The third-order valence-corrected chi connectivity index (χ3v) is 4.52. The maximum absolute atomic E-state index is 5.96. The van der Waals surface area contributed by atoms with Gasteiger partial charge in [0, 0.05) is 6.20 Å². The summed E-state index contributed by atoms with van der Waals surface area (Å²) >= 11 is 0. The van der Waals surface area contributed by atoms with E-state index in [2.05, 4.69) is 17.1 Å². The molecule has 2 saturated carbocycles. The highest BCUT2D eigenvalue weighted by atomic mass is 16.6. The number of fused-ring (bicyclic) bond motifs is 1. The lowest BCUT2D eigenvalue weighted by molar-refractivity contribution is 0.275. The first kappa shape index (κ1) is 8.28. The first-order valence-electron chi connectivity index (χ1n) is 5.92. The number of hydrogen-bond donors (Lipinski definition) is 0. The molecule has 2 atom stereocenters. The Labute approximate surface area is 89.7 Å². The summed E-state index contributed by atoms with van der Waals surface area (Å²) in [7, 11) is 0. The second-order valence-electron chi connectivity index (χ2n) is 5.42. The molecule has 0 radical (unpaired) electrons. The zero-order valence-corrected chi connectivity index (χ0v) is 8.78. The topological polar surface area (TPSA) is 25.4 Å². The first-order chi connectivity index (χ1) is 7.33. The average Bonchev–Trinajstić information content (AvgIpc) is 3.18. The van der Waals surface area contributed by atoms with Crippen molar-refractivity contribution < 1.29 is 4.74 Å². The van der Waals surface area contributed by atoms with E-state index in [9.17, 15) is 0 Å². The first-order valence-corrected chi connectivity index (χ1v) is 5.92. The molecule has 2 heteroatoms. The van der Waals surface area contributed by atoms with Crippen molar-refractivity contribution in [3.05, 3.63) is 30.1 Å². The van der Waals surface area contributed by atoms with Crippen LogP contribution in [0.3, 0.4) is 0 Å². The summed E-state index contributed by atoms with van der Waals surface area (Å²) in [6.45, 7) is 0. The van der Waals surface area contributed by atoms with Crippen molar-refractivity contribution in [1.82, 2.24) is 4.98 Å². The molecule has 1 aromatic rings. The van der Waals surface area contributed by atoms with Gasteiger partial charge in [-0.15, -0.1) is 0 Å². The molecule has 0 N–H and O–H groups in total. The molecule has 2 aliphatic carbocycles. The van der Waals surface area contributed by atoms with Crippen LogP contribution in [0.5, 0.6) is 0 Å². The Morgan fingerprint density at radius 1 is 1.20 bits per heavy atom. The monoisotopic (exact) mass is 201 g/mol. The van der Waals surface area contributed by atoms with Crippen molar-refractivity contribution >= 4 is 0 Å². The highest BCUT2D eigenvalue weighted by Gasteiger charge is 2.66. The van der Waals surface area contributed by atoms with Crippen LogP contribution in [0.2, 0.25) is 0 Å². The molecule has 0 amide bonds. The Hall–Kier alpha value is -0.890. The predicted octanol–water partition coefficient (Wildman–Crippen LogP) is 2.64. The summed E-state index contributed by atoms with van der Waals surface area (Å²) in [5, 5.41) is 0. The van der Waals surface area contributed by atoms with Crippen LogP contribution in [0.1, 0.15) is 37.8 Å². The van der Waals surface area contributed by atoms with Gasteiger partial charge in [0.2, 0.25) is 0 Å². The van der Waals surface area contributed by atoms with Crippen molar-refractivity contribution in [3.8, 4) is 0 Å². The molecule has 0 unspecified atom stereocenters. The van der Waals surface area contributed by atoms with E-state index in [1.165, 1.54) is 32.1 Å². The summed E-state index contributed by atoms with van der Waals surface area (Å²) < 4.78 is 5.96. The molecule has 15 heavy (non-hydrogen) atoms. The Balaban J connectivity index is 1.64. The van der Waals surface area contributed by atoms with Crippen LogP contribution in [0.15, 0.2) is 24.4 Å². The fourth-order valence-corrected chi connectivity index (χ4v) is 3.19. The van der Waals surface area contributed by atoms with Crippen LogP contribution in [0, 0.1) is 5.41 Å². The van der Waals surface area contributed by atoms with Crippen molar-refractivity contribution in [3.63, 3.8) is 0 Å². The highest BCUT2D eigenvalue weighted by molar-refractivity contribution is 5.26. The van der Waals surface area contributed by atoms with E-state index in [1.807, 2.05) is 12.3 Å². The van der Waals surface area contributed by atoms with E-state index in [0.717, 1.165) is 5.69 Å². The van der Waals surface area contributed by atoms with E-state index < -0.39 is 0 Å². The Kier molecular flexibility index (Phi) is 1.34. The minimum Gasteiger partial charge on any atom is -0.359 e. The van der Waals surface area contributed by atoms with E-state index in [-0.39, 0.29) is 5.60 Å². The quantitative estimate of drug-likeness (QED) is 0.653. The lowest BCUT2D eigenvalue weighted by Gasteiger charge is -2.23. The van der Waals surface area contributed by atoms with E-state index in [4.69, 9.17) is 4.74 Å². The molecule has 1 aromatic heterocycles. The third-order valence-electron chi connectivity index (χ3n) is 4.52. The van der Waals surface area contributed by atoms with Gasteiger partial charge in [0.25, 0.3) is 0 Å². The second-order valence-corrected chi connectivity index (χ2v) is 5.42. The van der Waals surface area contributed by atoms with Crippen LogP contribution < -0.4 is 0 Å². The van der Waals surface area contributed by atoms with Gasteiger partial charge in [-0.1, -0.05) is 6.07 Å². The molecule has 78 valence electrons. The van der Waals surface area contributed by atoms with Crippen molar-refractivity contribution in [2.75, 3.05) is 0 Å². The minimum absolute atomic E-state index is 0.0229. The molecule has 3 aliphatic rings. The van der Waals surface area contributed by atoms with Crippen LogP contribution in [-0.2, 0) is 10.3 Å². The molecule has 4 rings (SSSR count). The number of ether oxygens (including phenoxy) is 1. The lowest BCUT2D eigenvalue weighted by atomic mass is 9.78. The zero-order valence-electron chi connectivity index (χ0n) is 8.78. The highest BCUT2D eigenvalue weighted by Crippen LogP contribution is 2.66. The maximum atomic E-state index is 5.96. The summed E-state index contributed by atoms with van der Waals surface area (Å²) in [5.41, 5.74) is 1.87. The zero-order chi connectivity index (χ0) is 9.93. The summed E-state index contributed by atoms with van der Waals surface area (Å²) in [6, 6.07) is 6.16. The predicted molar refractivity (Wildman–Crippen MR) is 56.3 cm³/mol. The van der Waals surface area contributed by atoms with Crippen LogP contribution >= 0.6 is 0 Å². The van der Waals surface area contributed by atoms with Gasteiger partial charge < -0.3 is 4.74 Å². The van der Waals surface area contributed by atoms with Gasteiger partial charge in [-0.25, -0.2) is 0 Å². The van der Waals surface area contributed by atoms with Crippen LogP contribution in [0.25, 0.3) is 0 Å². The number of rotatable bonds is 1. The minimum atomic E-state index is 0.0229. The summed E-state index contributed by atoms with van der Waals surface area (Å²) in [4.78, 5) is 4.46. The van der Waals surface area contributed by atoms with Crippen molar-refractivity contribution in [2.24, 2.45) is 5.41 Å². The van der Waals surface area contributed by atoms with Gasteiger partial charge in [0.15, 0.2) is 0 Å². The lowest BCUT2D eigenvalue weighted by Crippen LogP contribution is -2.24. The van der Waals surface area contributed by atoms with Crippen molar-refractivity contribution in [1.29, 1.82) is 0 Å². The molecule has 0 bridgehead atoms. The number of aromatic nitrogens is 1. The van der Waals surface area contributed by atoms with Crippen LogP contribution in [0.4, 0.5) is 0 Å². The third kappa shape index (κ3) is 1.06. The van der Waals surface area contributed by atoms with Gasteiger partial charge in [0.05, 0.1) is 11.8 Å². The molecular formula is C13H15NO. The standard InChI is InChI=1S/C13H15NO/c1-2-8-14-10(3-1)13-7-6-12(4-5-12)9-11(13)15-13/h1-3,8,11H,4-7,9H2/t11-,13-/m1/s1. The second kappa shape index (κ2) is 2.43. The van der Waals surface area contributed by atoms with E-state index in [1.54, 1.807) is 0 Å². The SMILES string of the molecule is c1ccc([C@]23CCC4(CC4)C[C@H]2O3)nc1. The summed E-state index contributed by atoms with van der Waals surface area (Å²) in [6.07, 6.45) is 9.04. The fraction of sp³-hybridized carbons (Fsp3) is 0.615. The molecular weight excluding hydrogens is 186 g/mol. The smallest absolute Gasteiger partial charge is 0.136 e. The Morgan fingerprint density at radius 2 is 2.07 bits per heavy atom. The number of hydrogen-bond acceptors (Lipinski definition) is 2. The molecule has 0 aromatic carbocycles. The Morgan fingerprint density at radius 3 is 2.73 bits per heavy atom. The number of pyridine rings is 1. The number of epoxide rings is 1. The van der Waals surface area contributed by atoms with Crippen LogP contribution in [-0.4, -0.2) is 11.1 Å². The van der Waals surface area contributed by atoms with Gasteiger partial charge in [0.1, 0.15) is 5.60 Å². The molecule has 2 nitrogen and oxygen atoms in total. The van der Waals surface area contributed by atoms with Gasteiger partial charge >= 0.3 is 0 Å². The molecule has 1 aliphatic heterocycles. The largest absolute Gasteiger partial charge is 0.359 e. The van der Waals surface area contributed by atoms with Crippen molar-refractivity contribution in [2.45, 2.75) is 43.8 Å². The maximum Gasteiger partial charge on any atom is 0.136 e. The Bertz CT molecular complexity index is 398. The van der Waals surface area contributed by atoms with Gasteiger partial charge in [-0.05, 0) is 49.7 Å². The number of nitrogens with zero attached hydrogens (tertiary/aromatic N) is 1. The molecule has 1 saturated heterocycles. The van der Waals surface area contributed by atoms with E-state index >= 15 is 0 Å². The van der Waals surface area contributed by atoms with E-state index in [0.29, 0.717) is 11.5 Å². The average molecular weight is 201 g/mol. The molecule has 3 fully saturated rings. The van der Waals surface area contributed by atoms with Gasteiger partial charge in [-0.2, -0.15) is 0 Å².